The molecule has 0 atom stereocenters. The van der Waals surface area contributed by atoms with Gasteiger partial charge in [-0.1, -0.05) is 12.1 Å². The van der Waals surface area contributed by atoms with Gasteiger partial charge in [-0.15, -0.1) is 0 Å². The number of amides is 1. The largest absolute Gasteiger partial charge is 0.484 e. The summed E-state index contributed by atoms with van der Waals surface area (Å²) in [6, 6.07) is 6.66. The number of ether oxygens (including phenoxy) is 1. The molecule has 0 aliphatic heterocycles. The molecule has 0 saturated carbocycles. The molecular weight excluding hydrogens is 261 g/mol. The van der Waals surface area contributed by atoms with Crippen molar-refractivity contribution in [1.82, 2.24) is 4.90 Å². The van der Waals surface area contributed by atoms with Gasteiger partial charge in [-0.2, -0.15) is 13.2 Å². The monoisotopic (exact) mass is 276 g/mol. The summed E-state index contributed by atoms with van der Waals surface area (Å²) in [6.07, 6.45) is -4.41. The van der Waals surface area contributed by atoms with Gasteiger partial charge in [0.2, 0.25) is 0 Å². The minimum atomic E-state index is -4.41. The first-order chi connectivity index (χ1) is 8.81. The molecule has 0 spiro atoms. The van der Waals surface area contributed by atoms with Crippen LogP contribution in [0.1, 0.15) is 5.56 Å². The van der Waals surface area contributed by atoms with Crippen LogP contribution in [-0.4, -0.2) is 37.2 Å². The summed E-state index contributed by atoms with van der Waals surface area (Å²) in [4.78, 5) is 12.0. The van der Waals surface area contributed by atoms with E-state index in [1.165, 1.54) is 0 Å². The van der Waals surface area contributed by atoms with Gasteiger partial charge in [0, 0.05) is 13.6 Å². The van der Waals surface area contributed by atoms with Crippen molar-refractivity contribution >= 4 is 5.91 Å². The molecular formula is C12H15F3N2O2. The molecule has 106 valence electrons. The minimum Gasteiger partial charge on any atom is -0.484 e. The lowest BCUT2D eigenvalue weighted by Gasteiger charge is -2.19. The van der Waals surface area contributed by atoms with E-state index in [0.717, 1.165) is 12.6 Å². The van der Waals surface area contributed by atoms with Crippen LogP contribution in [0.2, 0.25) is 0 Å². The Labute approximate surface area is 108 Å². The standard InChI is InChI=1S/C12H15F3N2O2/c1-17(8-12(13,14)15)11(18)7-19-10-4-2-9(6-16)3-5-10/h2-5H,6-8,16H2,1H3. The quantitative estimate of drug-likeness (QED) is 0.887. The van der Waals surface area contributed by atoms with E-state index in [1.54, 1.807) is 24.3 Å². The molecule has 1 amide bonds. The van der Waals surface area contributed by atoms with E-state index in [9.17, 15) is 18.0 Å². The summed E-state index contributed by atoms with van der Waals surface area (Å²) in [6.45, 7) is -1.34. The van der Waals surface area contributed by atoms with Gasteiger partial charge in [-0.25, -0.2) is 0 Å². The van der Waals surface area contributed by atoms with E-state index in [4.69, 9.17) is 10.5 Å². The van der Waals surface area contributed by atoms with Crippen LogP contribution >= 0.6 is 0 Å². The lowest BCUT2D eigenvalue weighted by atomic mass is 10.2. The van der Waals surface area contributed by atoms with E-state index >= 15 is 0 Å². The molecule has 0 aliphatic rings. The van der Waals surface area contributed by atoms with Gasteiger partial charge in [-0.05, 0) is 17.7 Å². The van der Waals surface area contributed by atoms with Crippen LogP contribution in [0.15, 0.2) is 24.3 Å². The molecule has 0 aliphatic carbocycles. The fourth-order valence-electron chi connectivity index (χ4n) is 1.33. The maximum atomic E-state index is 12.1. The highest BCUT2D eigenvalue weighted by Crippen LogP contribution is 2.16. The average molecular weight is 276 g/mol. The molecule has 4 nitrogen and oxygen atoms in total. The zero-order chi connectivity index (χ0) is 14.5. The van der Waals surface area contributed by atoms with Gasteiger partial charge in [-0.3, -0.25) is 4.79 Å². The number of hydrogen-bond acceptors (Lipinski definition) is 3. The molecule has 2 N–H and O–H groups in total. The summed E-state index contributed by atoms with van der Waals surface area (Å²) in [5.74, 6) is -0.328. The number of benzene rings is 1. The molecule has 1 aromatic carbocycles. The molecule has 0 saturated heterocycles. The highest BCUT2D eigenvalue weighted by Gasteiger charge is 2.31. The third-order valence-corrected chi connectivity index (χ3v) is 2.36. The molecule has 0 aromatic heterocycles. The van der Waals surface area contributed by atoms with Gasteiger partial charge in [0.25, 0.3) is 5.91 Å². The number of alkyl halides is 3. The molecule has 1 aromatic rings. The number of carbonyl (C=O) groups excluding carboxylic acids is 1. The summed E-state index contributed by atoms with van der Waals surface area (Å²) in [5, 5.41) is 0. The number of hydrogen-bond donors (Lipinski definition) is 1. The number of nitrogens with two attached hydrogens (primary N) is 1. The Kier molecular flexibility index (Phi) is 5.17. The van der Waals surface area contributed by atoms with Crippen molar-refractivity contribution in [3.05, 3.63) is 29.8 Å². The summed E-state index contributed by atoms with van der Waals surface area (Å²) >= 11 is 0. The van der Waals surface area contributed by atoms with E-state index in [0.29, 0.717) is 17.2 Å². The Morgan fingerprint density at radius 1 is 1.32 bits per heavy atom. The third-order valence-electron chi connectivity index (χ3n) is 2.36. The van der Waals surface area contributed by atoms with Crippen LogP contribution in [0.4, 0.5) is 13.2 Å². The first-order valence-corrected chi connectivity index (χ1v) is 5.54. The van der Waals surface area contributed by atoms with Crippen molar-refractivity contribution < 1.29 is 22.7 Å². The van der Waals surface area contributed by atoms with Crippen molar-refractivity contribution in [3.8, 4) is 5.75 Å². The number of rotatable bonds is 5. The van der Waals surface area contributed by atoms with Crippen LogP contribution in [0, 0.1) is 0 Å². The first kappa shape index (κ1) is 15.3. The molecule has 0 radical (unpaired) electrons. The Bertz CT molecular complexity index is 418. The summed E-state index contributed by atoms with van der Waals surface area (Å²) in [7, 11) is 1.08. The zero-order valence-corrected chi connectivity index (χ0v) is 10.4. The van der Waals surface area contributed by atoms with Gasteiger partial charge in [0.1, 0.15) is 12.3 Å². The SMILES string of the molecule is CN(CC(F)(F)F)C(=O)COc1ccc(CN)cc1. The molecule has 0 bridgehead atoms. The maximum absolute atomic E-state index is 12.1. The lowest BCUT2D eigenvalue weighted by molar-refractivity contribution is -0.159. The molecule has 0 unspecified atom stereocenters. The van der Waals surface area contributed by atoms with Crippen molar-refractivity contribution in [2.45, 2.75) is 12.7 Å². The Balaban J connectivity index is 2.45. The smallest absolute Gasteiger partial charge is 0.406 e. The zero-order valence-electron chi connectivity index (χ0n) is 10.4. The van der Waals surface area contributed by atoms with Crippen LogP contribution in [0.3, 0.4) is 0 Å². The fraction of sp³-hybridized carbons (Fsp3) is 0.417. The maximum Gasteiger partial charge on any atom is 0.406 e. The second-order valence-corrected chi connectivity index (χ2v) is 4.00. The van der Waals surface area contributed by atoms with Crippen molar-refractivity contribution in [2.75, 3.05) is 20.2 Å². The Morgan fingerprint density at radius 3 is 2.37 bits per heavy atom. The van der Waals surface area contributed by atoms with Crippen LogP contribution in [-0.2, 0) is 11.3 Å². The topological polar surface area (TPSA) is 55.6 Å². The fourth-order valence-corrected chi connectivity index (χ4v) is 1.33. The molecule has 19 heavy (non-hydrogen) atoms. The molecule has 0 heterocycles. The first-order valence-electron chi connectivity index (χ1n) is 5.54. The number of halogens is 3. The van der Waals surface area contributed by atoms with Gasteiger partial charge >= 0.3 is 6.18 Å². The van der Waals surface area contributed by atoms with Crippen LogP contribution in [0.5, 0.6) is 5.75 Å². The summed E-state index contributed by atoms with van der Waals surface area (Å²) < 4.78 is 41.3. The van der Waals surface area contributed by atoms with Gasteiger partial charge in [0.15, 0.2) is 6.61 Å². The number of carbonyl (C=O) groups is 1. The van der Waals surface area contributed by atoms with Crippen LogP contribution < -0.4 is 10.5 Å². The van der Waals surface area contributed by atoms with Crippen molar-refractivity contribution in [2.24, 2.45) is 5.73 Å². The van der Waals surface area contributed by atoms with Crippen molar-refractivity contribution in [1.29, 1.82) is 0 Å². The lowest BCUT2D eigenvalue weighted by Crippen LogP contribution is -2.38. The average Bonchev–Trinajstić information content (AvgIpc) is 2.34. The number of nitrogens with zero attached hydrogens (tertiary/aromatic N) is 1. The van der Waals surface area contributed by atoms with Gasteiger partial charge in [0.05, 0.1) is 0 Å². The Hall–Kier alpha value is -1.76. The Morgan fingerprint density at radius 2 is 1.89 bits per heavy atom. The van der Waals surface area contributed by atoms with E-state index < -0.39 is 25.2 Å². The minimum absolute atomic E-state index is 0.382. The van der Waals surface area contributed by atoms with E-state index in [2.05, 4.69) is 0 Å². The van der Waals surface area contributed by atoms with Gasteiger partial charge < -0.3 is 15.4 Å². The third kappa shape index (κ3) is 5.60. The van der Waals surface area contributed by atoms with E-state index in [-0.39, 0.29) is 0 Å². The second kappa shape index (κ2) is 6.42. The predicted molar refractivity (Wildman–Crippen MR) is 63.5 cm³/mol. The second-order valence-electron chi connectivity index (χ2n) is 4.00. The molecule has 0 fully saturated rings. The highest BCUT2D eigenvalue weighted by atomic mass is 19.4. The van der Waals surface area contributed by atoms with Crippen molar-refractivity contribution in [3.63, 3.8) is 0 Å². The summed E-state index contributed by atoms with van der Waals surface area (Å²) in [5.41, 5.74) is 6.31. The number of likely N-dealkylation sites (N-methyl/N-ethyl adjacent to an activating group) is 1. The van der Waals surface area contributed by atoms with E-state index in [1.807, 2.05) is 0 Å². The molecule has 7 heteroatoms. The normalized spacial score (nSPS) is 11.2. The highest BCUT2D eigenvalue weighted by molar-refractivity contribution is 5.77. The van der Waals surface area contributed by atoms with Crippen LogP contribution in [0.25, 0.3) is 0 Å². The predicted octanol–water partition coefficient (Wildman–Crippen LogP) is 1.54. The molecule has 1 rings (SSSR count).